The van der Waals surface area contributed by atoms with E-state index >= 15 is 0 Å². The van der Waals surface area contributed by atoms with Crippen LogP contribution in [0, 0.1) is 0 Å². The lowest BCUT2D eigenvalue weighted by molar-refractivity contribution is -0.0794. The molecule has 0 spiro atoms. The Balaban J connectivity index is 1.91. The Morgan fingerprint density at radius 2 is 1.93 bits per heavy atom. The molecule has 0 bridgehead atoms. The molecule has 1 heterocycles. The molecule has 28 heavy (non-hydrogen) atoms. The van der Waals surface area contributed by atoms with E-state index in [2.05, 4.69) is 10.6 Å². The molecule has 9 nitrogen and oxygen atoms in total. The third-order valence-electron chi connectivity index (χ3n) is 3.64. The number of anilines is 2. The van der Waals surface area contributed by atoms with Gasteiger partial charge in [-0.2, -0.15) is 0 Å². The van der Waals surface area contributed by atoms with Crippen molar-refractivity contribution in [2.24, 2.45) is 5.73 Å². The Kier molecular flexibility index (Phi) is 7.11. The first-order valence-electron chi connectivity index (χ1n) is 8.99. The molecule has 1 fully saturated rings. The number of benzene rings is 1. The molecule has 0 unspecified atom stereocenters. The van der Waals surface area contributed by atoms with Crippen LogP contribution in [0.3, 0.4) is 0 Å². The molecule has 0 aliphatic carbocycles. The predicted molar refractivity (Wildman–Crippen MR) is 106 cm³/mol. The van der Waals surface area contributed by atoms with Crippen molar-refractivity contribution in [1.29, 1.82) is 0 Å². The summed E-state index contributed by atoms with van der Waals surface area (Å²) in [6.45, 7) is 7.14. The minimum Gasteiger partial charge on any atom is -0.483 e. The summed E-state index contributed by atoms with van der Waals surface area (Å²) in [5.41, 5.74) is 12.1. The molecule has 9 heteroatoms. The van der Waals surface area contributed by atoms with Gasteiger partial charge in [0, 0.05) is 18.7 Å². The van der Waals surface area contributed by atoms with E-state index in [9.17, 15) is 9.59 Å². The Morgan fingerprint density at radius 1 is 1.25 bits per heavy atom. The Bertz CT molecular complexity index is 739. The SMILES string of the molecule is CC(C)(C)OC(=O)NC/C=C/CNc1c(N)cc(C(N)=O)cc1OC1COC1. The van der Waals surface area contributed by atoms with Gasteiger partial charge in [-0.15, -0.1) is 0 Å². The van der Waals surface area contributed by atoms with Crippen molar-refractivity contribution in [3.8, 4) is 5.75 Å². The summed E-state index contributed by atoms with van der Waals surface area (Å²) in [5, 5.41) is 5.79. The second kappa shape index (κ2) is 9.32. The molecule has 0 radical (unpaired) electrons. The van der Waals surface area contributed by atoms with E-state index in [1.165, 1.54) is 6.07 Å². The second-order valence-corrected chi connectivity index (χ2v) is 7.32. The highest BCUT2D eigenvalue weighted by atomic mass is 16.6. The zero-order valence-electron chi connectivity index (χ0n) is 16.4. The van der Waals surface area contributed by atoms with Crippen molar-refractivity contribution in [3.05, 3.63) is 29.8 Å². The van der Waals surface area contributed by atoms with Crippen LogP contribution in [0.4, 0.5) is 16.2 Å². The highest BCUT2D eigenvalue weighted by Crippen LogP contribution is 2.34. The summed E-state index contributed by atoms with van der Waals surface area (Å²) < 4.78 is 16.1. The maximum Gasteiger partial charge on any atom is 0.407 e. The van der Waals surface area contributed by atoms with E-state index in [1.54, 1.807) is 32.9 Å². The van der Waals surface area contributed by atoms with E-state index in [4.69, 9.17) is 25.7 Å². The van der Waals surface area contributed by atoms with Crippen LogP contribution in [-0.2, 0) is 9.47 Å². The van der Waals surface area contributed by atoms with Crippen molar-refractivity contribution < 1.29 is 23.8 Å². The summed E-state index contributed by atoms with van der Waals surface area (Å²) >= 11 is 0. The van der Waals surface area contributed by atoms with Crippen molar-refractivity contribution >= 4 is 23.4 Å². The standard InChI is InChI=1S/C19H28N4O5/c1-19(2,3)28-18(25)23-7-5-4-6-22-16-14(20)8-12(17(21)24)9-15(16)27-13-10-26-11-13/h4-5,8-9,13,22H,6-7,10-11,20H2,1-3H3,(H2,21,24)(H,23,25)/b5-4+. The van der Waals surface area contributed by atoms with Gasteiger partial charge in [-0.1, -0.05) is 12.2 Å². The van der Waals surface area contributed by atoms with Gasteiger partial charge in [-0.3, -0.25) is 4.79 Å². The molecular formula is C19H28N4O5. The highest BCUT2D eigenvalue weighted by molar-refractivity contribution is 5.96. The monoisotopic (exact) mass is 392 g/mol. The largest absolute Gasteiger partial charge is 0.483 e. The average Bonchev–Trinajstić information content (AvgIpc) is 2.53. The summed E-state index contributed by atoms with van der Waals surface area (Å²) in [4.78, 5) is 23.0. The van der Waals surface area contributed by atoms with Gasteiger partial charge in [0.25, 0.3) is 0 Å². The molecule has 0 atom stereocenters. The number of alkyl carbamates (subject to hydrolysis) is 1. The molecule has 0 saturated carbocycles. The summed E-state index contributed by atoms with van der Waals surface area (Å²) in [6.07, 6.45) is 3.05. The molecule has 2 amide bonds. The van der Waals surface area contributed by atoms with Crippen LogP contribution in [0.15, 0.2) is 24.3 Å². The zero-order valence-corrected chi connectivity index (χ0v) is 16.4. The predicted octanol–water partition coefficient (Wildman–Crippen LogP) is 1.64. The highest BCUT2D eigenvalue weighted by Gasteiger charge is 2.23. The van der Waals surface area contributed by atoms with Gasteiger partial charge in [0.2, 0.25) is 5.91 Å². The smallest absolute Gasteiger partial charge is 0.407 e. The first-order chi connectivity index (χ1) is 13.2. The quantitative estimate of drug-likeness (QED) is 0.390. The number of primary amides is 1. The maximum atomic E-state index is 11.6. The molecule has 0 aromatic heterocycles. The number of nitrogen functional groups attached to an aromatic ring is 1. The number of hydrogen-bond acceptors (Lipinski definition) is 7. The Labute approximate surface area is 164 Å². The summed E-state index contributed by atoms with van der Waals surface area (Å²) in [7, 11) is 0. The molecule has 154 valence electrons. The van der Waals surface area contributed by atoms with Crippen molar-refractivity contribution in [2.75, 3.05) is 37.4 Å². The number of carbonyl (C=O) groups excluding carboxylic acids is 2. The third kappa shape index (κ3) is 6.66. The first-order valence-corrected chi connectivity index (χ1v) is 8.99. The fourth-order valence-corrected chi connectivity index (χ4v) is 2.31. The summed E-state index contributed by atoms with van der Waals surface area (Å²) in [5.74, 6) is -0.136. The van der Waals surface area contributed by atoms with Gasteiger partial charge in [-0.25, -0.2) is 4.79 Å². The average molecular weight is 392 g/mol. The molecule has 2 rings (SSSR count). The van der Waals surface area contributed by atoms with E-state index in [0.717, 1.165) is 0 Å². The van der Waals surface area contributed by atoms with Crippen LogP contribution in [-0.4, -0.2) is 50.0 Å². The van der Waals surface area contributed by atoms with Crippen LogP contribution in [0.1, 0.15) is 31.1 Å². The molecule has 6 N–H and O–H groups in total. The van der Waals surface area contributed by atoms with Crippen LogP contribution in [0.25, 0.3) is 0 Å². The van der Waals surface area contributed by atoms with Gasteiger partial charge in [0.05, 0.1) is 18.9 Å². The number of amides is 2. The fraction of sp³-hybridized carbons (Fsp3) is 0.474. The number of hydrogen-bond donors (Lipinski definition) is 4. The number of nitrogens with one attached hydrogen (secondary N) is 2. The van der Waals surface area contributed by atoms with Crippen LogP contribution in [0.2, 0.25) is 0 Å². The maximum absolute atomic E-state index is 11.6. The fourth-order valence-electron chi connectivity index (χ4n) is 2.31. The number of rotatable bonds is 8. The van der Waals surface area contributed by atoms with E-state index in [0.29, 0.717) is 43.4 Å². The van der Waals surface area contributed by atoms with Gasteiger partial charge in [0.15, 0.2) is 0 Å². The van der Waals surface area contributed by atoms with E-state index < -0.39 is 17.6 Å². The topological polar surface area (TPSA) is 138 Å². The normalized spacial score (nSPS) is 14.4. The van der Waals surface area contributed by atoms with Crippen molar-refractivity contribution in [3.63, 3.8) is 0 Å². The zero-order chi connectivity index (χ0) is 20.7. The lowest BCUT2D eigenvalue weighted by Crippen LogP contribution is -2.38. The molecule has 1 aromatic rings. The summed E-state index contributed by atoms with van der Waals surface area (Å²) in [6, 6.07) is 3.07. The van der Waals surface area contributed by atoms with E-state index in [1.807, 2.05) is 6.08 Å². The van der Waals surface area contributed by atoms with E-state index in [-0.39, 0.29) is 11.7 Å². The van der Waals surface area contributed by atoms with Crippen LogP contribution >= 0.6 is 0 Å². The van der Waals surface area contributed by atoms with Crippen molar-refractivity contribution in [1.82, 2.24) is 5.32 Å². The first kappa shape index (κ1) is 21.4. The molecule has 1 aliphatic rings. The van der Waals surface area contributed by atoms with Crippen LogP contribution < -0.4 is 26.8 Å². The number of ether oxygens (including phenoxy) is 3. The molecular weight excluding hydrogens is 364 g/mol. The van der Waals surface area contributed by atoms with Gasteiger partial charge in [0.1, 0.15) is 23.1 Å². The van der Waals surface area contributed by atoms with Gasteiger partial charge < -0.3 is 36.3 Å². The Hall–Kier alpha value is -2.94. The molecule has 1 saturated heterocycles. The van der Waals surface area contributed by atoms with Gasteiger partial charge in [-0.05, 0) is 32.9 Å². The van der Waals surface area contributed by atoms with Gasteiger partial charge >= 0.3 is 6.09 Å². The second-order valence-electron chi connectivity index (χ2n) is 7.32. The molecule has 1 aliphatic heterocycles. The minimum atomic E-state index is -0.582. The third-order valence-corrected chi connectivity index (χ3v) is 3.64. The Morgan fingerprint density at radius 3 is 2.50 bits per heavy atom. The molecule has 1 aromatic carbocycles. The van der Waals surface area contributed by atoms with Crippen molar-refractivity contribution in [2.45, 2.75) is 32.5 Å². The number of carbonyl (C=O) groups is 2. The lowest BCUT2D eigenvalue weighted by Gasteiger charge is -2.28. The van der Waals surface area contributed by atoms with Crippen LogP contribution in [0.5, 0.6) is 5.75 Å². The lowest BCUT2D eigenvalue weighted by atomic mass is 10.1. The minimum absolute atomic E-state index is 0.0864. The number of nitrogens with two attached hydrogens (primary N) is 2.